The van der Waals surface area contributed by atoms with E-state index in [1.165, 1.54) is 0 Å². The van der Waals surface area contributed by atoms with Crippen LogP contribution >= 0.6 is 90.4 Å². The fourth-order valence-corrected chi connectivity index (χ4v) is 5.44. The van der Waals surface area contributed by atoms with E-state index in [0.717, 1.165) is 0 Å². The molecule has 0 saturated heterocycles. The molecule has 0 aliphatic carbocycles. The van der Waals surface area contributed by atoms with Crippen LogP contribution in [0.5, 0.6) is 17.2 Å². The van der Waals surface area contributed by atoms with Crippen LogP contribution in [0.25, 0.3) is 0 Å². The van der Waals surface area contributed by atoms with Crippen molar-refractivity contribution in [3.8, 4) is 17.2 Å². The largest absolute Gasteiger partial charge is 0.506 e. The fraction of sp³-hybridized carbons (Fsp3) is 0.0714. The third kappa shape index (κ3) is 4.72. The summed E-state index contributed by atoms with van der Waals surface area (Å²) >= 11 is 8.10. The van der Waals surface area contributed by atoms with Gasteiger partial charge in [-0.2, -0.15) is 0 Å². The third-order valence-corrected chi connectivity index (χ3v) is 6.03. The van der Waals surface area contributed by atoms with Gasteiger partial charge in [0.25, 0.3) is 0 Å². The summed E-state index contributed by atoms with van der Waals surface area (Å²) in [5, 5.41) is 28.3. The average molecular weight is 764 g/mol. The minimum Gasteiger partial charge on any atom is -0.506 e. The highest BCUT2D eigenvalue weighted by molar-refractivity contribution is 14.1. The zero-order valence-corrected chi connectivity index (χ0v) is 19.7. The summed E-state index contributed by atoms with van der Waals surface area (Å²) in [6.07, 6.45) is -1.57. The molecule has 0 unspecified atom stereocenters. The first-order valence-electron chi connectivity index (χ1n) is 5.96. The van der Waals surface area contributed by atoms with Crippen LogP contribution in [-0.4, -0.2) is 21.3 Å². The topological polar surface area (TPSA) is 87.0 Å². The van der Waals surface area contributed by atoms with E-state index >= 15 is 0 Å². The summed E-state index contributed by atoms with van der Waals surface area (Å²) in [4.78, 5) is 10.9. The van der Waals surface area contributed by atoms with Gasteiger partial charge < -0.3 is 20.1 Å². The Hall–Kier alpha value is 0.390. The molecule has 1 atom stereocenters. The van der Waals surface area contributed by atoms with Gasteiger partial charge in [0.1, 0.15) is 11.5 Å². The van der Waals surface area contributed by atoms with E-state index in [0.29, 0.717) is 31.3 Å². The summed E-state index contributed by atoms with van der Waals surface area (Å²) in [7, 11) is 0. The number of rotatable bonds is 4. The molecule has 0 heterocycles. The number of phenols is 1. The van der Waals surface area contributed by atoms with Crippen LogP contribution in [0, 0.1) is 14.3 Å². The maximum Gasteiger partial charge on any atom is 0.337 e. The maximum absolute atomic E-state index is 10.9. The Labute approximate surface area is 186 Å². The zero-order valence-electron chi connectivity index (χ0n) is 11.1. The van der Waals surface area contributed by atoms with Crippen molar-refractivity contribution in [1.29, 1.82) is 0 Å². The van der Waals surface area contributed by atoms with Gasteiger partial charge >= 0.3 is 5.97 Å². The normalized spacial score (nSPS) is 12.0. The van der Waals surface area contributed by atoms with Gasteiger partial charge in [0.05, 0.1) is 14.3 Å². The number of carboxylic acids is 1. The van der Waals surface area contributed by atoms with E-state index in [1.807, 2.05) is 90.4 Å². The van der Waals surface area contributed by atoms with Crippen molar-refractivity contribution in [1.82, 2.24) is 0 Å². The van der Waals surface area contributed by atoms with Crippen LogP contribution in [0.4, 0.5) is 0 Å². The van der Waals surface area contributed by atoms with Crippen molar-refractivity contribution >= 4 is 96.3 Å². The Morgan fingerprint density at radius 1 is 0.957 bits per heavy atom. The molecular formula is C14H8I4O5. The number of aliphatic carboxylic acids is 1. The molecule has 122 valence electrons. The number of aliphatic hydroxyl groups excluding tert-OH is 1. The lowest BCUT2D eigenvalue weighted by Crippen LogP contribution is -2.11. The first-order chi connectivity index (χ1) is 10.7. The molecule has 9 heteroatoms. The number of hydrogen-bond donors (Lipinski definition) is 3. The third-order valence-electron chi connectivity index (χ3n) is 2.78. The minimum atomic E-state index is -1.57. The van der Waals surface area contributed by atoms with E-state index < -0.39 is 12.1 Å². The predicted molar refractivity (Wildman–Crippen MR) is 118 cm³/mol. The average Bonchev–Trinajstić information content (AvgIpc) is 2.47. The van der Waals surface area contributed by atoms with E-state index in [4.69, 9.17) is 9.84 Å². The fourth-order valence-electron chi connectivity index (χ4n) is 1.70. The Kier molecular flexibility index (Phi) is 7.01. The number of ether oxygens (including phenoxy) is 1. The molecule has 23 heavy (non-hydrogen) atoms. The van der Waals surface area contributed by atoms with E-state index in [9.17, 15) is 15.0 Å². The highest BCUT2D eigenvalue weighted by Crippen LogP contribution is 2.37. The Balaban J connectivity index is 2.40. The van der Waals surface area contributed by atoms with E-state index in [1.54, 1.807) is 24.3 Å². The van der Waals surface area contributed by atoms with E-state index in [2.05, 4.69) is 0 Å². The highest BCUT2D eigenvalue weighted by atomic mass is 127. The molecule has 0 radical (unpaired) electrons. The zero-order chi connectivity index (χ0) is 17.3. The van der Waals surface area contributed by atoms with Crippen molar-refractivity contribution in [2.24, 2.45) is 0 Å². The van der Waals surface area contributed by atoms with Gasteiger partial charge in [0.2, 0.25) is 0 Å². The van der Waals surface area contributed by atoms with Gasteiger partial charge in [-0.3, -0.25) is 0 Å². The Morgan fingerprint density at radius 2 is 1.43 bits per heavy atom. The first-order valence-corrected chi connectivity index (χ1v) is 10.3. The standard InChI is InChI=1S/C14H8I4O5/c15-7-3-6(4-8(16)12(7)20)23-13-9(17)1-5(2-10(13)18)11(19)14(21)22/h1-4,11,19-20H,(H,21,22)/t11-/m1/s1. The number of aliphatic hydroxyl groups is 1. The molecule has 2 aromatic rings. The predicted octanol–water partition coefficient (Wildman–Crippen LogP) is 4.72. The lowest BCUT2D eigenvalue weighted by molar-refractivity contribution is -0.146. The molecule has 0 aliphatic rings. The van der Waals surface area contributed by atoms with Gasteiger partial charge in [0.15, 0.2) is 11.9 Å². The molecule has 2 rings (SSSR count). The van der Waals surface area contributed by atoms with Gasteiger partial charge in [-0.25, -0.2) is 4.79 Å². The smallest absolute Gasteiger partial charge is 0.337 e. The quantitative estimate of drug-likeness (QED) is 0.393. The van der Waals surface area contributed by atoms with Crippen LogP contribution in [0.2, 0.25) is 0 Å². The number of carboxylic acid groups (broad SMARTS) is 1. The molecule has 0 aromatic heterocycles. The number of halogens is 4. The number of hydrogen-bond acceptors (Lipinski definition) is 4. The highest BCUT2D eigenvalue weighted by Gasteiger charge is 2.20. The molecule has 0 spiro atoms. The molecule has 0 bridgehead atoms. The van der Waals surface area contributed by atoms with Crippen molar-refractivity contribution in [3.63, 3.8) is 0 Å². The van der Waals surface area contributed by atoms with Gasteiger partial charge in [-0.05, 0) is 120 Å². The van der Waals surface area contributed by atoms with Crippen molar-refractivity contribution in [2.45, 2.75) is 6.10 Å². The van der Waals surface area contributed by atoms with E-state index in [-0.39, 0.29) is 5.75 Å². The molecule has 0 saturated carbocycles. The Bertz CT molecular complexity index is 732. The summed E-state index contributed by atoms with van der Waals surface area (Å²) < 4.78 is 8.60. The number of carbonyl (C=O) groups is 1. The number of aromatic hydroxyl groups is 1. The van der Waals surface area contributed by atoms with Crippen LogP contribution in [0.3, 0.4) is 0 Å². The molecule has 0 fully saturated rings. The van der Waals surface area contributed by atoms with Gasteiger partial charge in [0, 0.05) is 0 Å². The lowest BCUT2D eigenvalue weighted by atomic mass is 10.1. The lowest BCUT2D eigenvalue weighted by Gasteiger charge is -2.14. The minimum absolute atomic E-state index is 0.211. The monoisotopic (exact) mass is 764 g/mol. The SMILES string of the molecule is O=C(O)[C@H](O)c1cc(I)c(Oc2cc(I)c(O)c(I)c2)c(I)c1. The van der Waals surface area contributed by atoms with Crippen LogP contribution in [0.15, 0.2) is 24.3 Å². The second kappa shape index (κ2) is 8.18. The van der Waals surface area contributed by atoms with Crippen molar-refractivity contribution in [3.05, 3.63) is 44.1 Å². The summed E-state index contributed by atoms with van der Waals surface area (Å²) in [5.74, 6) is 0.0552. The number of phenolic OH excluding ortho intramolecular Hbond substituents is 1. The second-order valence-electron chi connectivity index (χ2n) is 4.39. The van der Waals surface area contributed by atoms with Crippen molar-refractivity contribution < 1.29 is 24.9 Å². The van der Waals surface area contributed by atoms with Crippen molar-refractivity contribution in [2.75, 3.05) is 0 Å². The first kappa shape index (κ1) is 19.7. The molecule has 3 N–H and O–H groups in total. The van der Waals surface area contributed by atoms with Gasteiger partial charge in [-0.1, -0.05) is 0 Å². The summed E-state index contributed by atoms with van der Waals surface area (Å²) in [6, 6.07) is 6.58. The van der Waals surface area contributed by atoms with Crippen LogP contribution < -0.4 is 4.74 Å². The molecule has 0 amide bonds. The Morgan fingerprint density at radius 3 is 1.87 bits per heavy atom. The maximum atomic E-state index is 10.9. The van der Waals surface area contributed by atoms with Gasteiger partial charge in [-0.15, -0.1) is 0 Å². The molecule has 0 aliphatic heterocycles. The number of benzene rings is 2. The van der Waals surface area contributed by atoms with Crippen LogP contribution in [0.1, 0.15) is 11.7 Å². The summed E-state index contributed by atoms with van der Waals surface area (Å²) in [5.41, 5.74) is 0.300. The van der Waals surface area contributed by atoms with Crippen LogP contribution in [-0.2, 0) is 4.79 Å². The summed E-state index contributed by atoms with van der Waals surface area (Å²) in [6.45, 7) is 0. The molecular weight excluding hydrogens is 756 g/mol. The molecule has 5 nitrogen and oxygen atoms in total. The molecule has 2 aromatic carbocycles. The second-order valence-corrected chi connectivity index (χ2v) is 9.04.